The molecule has 7 heteroatoms. The molecule has 0 spiro atoms. The minimum absolute atomic E-state index is 0.0196. The highest BCUT2D eigenvalue weighted by molar-refractivity contribution is 5.92. The molecule has 2 aromatic rings. The number of nitrogens with zero attached hydrogens (tertiary/aromatic N) is 2. The van der Waals surface area contributed by atoms with Crippen LogP contribution in [0.5, 0.6) is 0 Å². The van der Waals surface area contributed by atoms with Gasteiger partial charge < -0.3 is 5.32 Å². The van der Waals surface area contributed by atoms with Crippen LogP contribution < -0.4 is 5.32 Å². The third-order valence-electron chi connectivity index (χ3n) is 3.93. The molecule has 0 bridgehead atoms. The summed E-state index contributed by atoms with van der Waals surface area (Å²) in [5, 5.41) is 6.35. The number of hydrogen-bond acceptors (Lipinski definition) is 2. The molecule has 0 aliphatic heterocycles. The zero-order valence-corrected chi connectivity index (χ0v) is 15.6. The van der Waals surface area contributed by atoms with Crippen molar-refractivity contribution in [3.63, 3.8) is 0 Å². The quantitative estimate of drug-likeness (QED) is 0.844. The summed E-state index contributed by atoms with van der Waals surface area (Å²) in [5.74, 6) is -0.767. The van der Waals surface area contributed by atoms with Gasteiger partial charge in [-0.3, -0.25) is 9.48 Å². The fourth-order valence-corrected chi connectivity index (χ4v) is 2.66. The number of nitrogens with one attached hydrogen (secondary N) is 1. The predicted octanol–water partition coefficient (Wildman–Crippen LogP) is 4.79. The zero-order valence-electron chi connectivity index (χ0n) is 15.6. The molecule has 0 aliphatic carbocycles. The number of carbonyl (C=O) groups is 1. The minimum Gasteiger partial charge on any atom is -0.335 e. The summed E-state index contributed by atoms with van der Waals surface area (Å²) in [6.45, 7) is 9.68. The molecule has 142 valence electrons. The predicted molar refractivity (Wildman–Crippen MR) is 94.0 cm³/mol. The summed E-state index contributed by atoms with van der Waals surface area (Å²) in [5.41, 5.74) is 0.369. The average molecular weight is 367 g/mol. The molecule has 4 nitrogen and oxygen atoms in total. The molecule has 0 radical (unpaired) electrons. The Kier molecular flexibility index (Phi) is 5.49. The van der Waals surface area contributed by atoms with Crippen LogP contribution in [0.3, 0.4) is 0 Å². The third kappa shape index (κ3) is 4.45. The van der Waals surface area contributed by atoms with E-state index >= 15 is 0 Å². The summed E-state index contributed by atoms with van der Waals surface area (Å²) in [6, 6.07) is 6.79. The Bertz CT molecular complexity index is 759. The van der Waals surface area contributed by atoms with Gasteiger partial charge in [-0.05, 0) is 38.3 Å². The summed E-state index contributed by atoms with van der Waals surface area (Å²) in [7, 11) is 0. The molecule has 1 N–H and O–H groups in total. The van der Waals surface area contributed by atoms with Crippen LogP contribution in [0, 0.1) is 0 Å². The van der Waals surface area contributed by atoms with Crippen molar-refractivity contribution in [2.75, 3.05) is 0 Å². The second kappa shape index (κ2) is 7.13. The Hall–Kier alpha value is -2.31. The van der Waals surface area contributed by atoms with Crippen molar-refractivity contribution in [2.45, 2.75) is 58.3 Å². The van der Waals surface area contributed by atoms with Gasteiger partial charge in [0.25, 0.3) is 5.91 Å². The molecular weight excluding hydrogens is 343 g/mol. The highest BCUT2D eigenvalue weighted by Gasteiger charge is 2.42. The van der Waals surface area contributed by atoms with Gasteiger partial charge in [0, 0.05) is 5.69 Å². The van der Waals surface area contributed by atoms with E-state index < -0.39 is 18.1 Å². The maximum atomic E-state index is 13.4. The number of carbonyl (C=O) groups excluding carboxylic acids is 1. The van der Waals surface area contributed by atoms with E-state index in [1.165, 1.54) is 24.3 Å². The number of aromatic nitrogens is 2. The fraction of sp³-hybridized carbons (Fsp3) is 0.474. The first kappa shape index (κ1) is 20.0. The van der Waals surface area contributed by atoms with Crippen LogP contribution in [0.2, 0.25) is 0 Å². The zero-order chi connectivity index (χ0) is 19.7. The number of halogens is 3. The van der Waals surface area contributed by atoms with Gasteiger partial charge in [0.2, 0.25) is 0 Å². The smallest absolute Gasteiger partial charge is 0.335 e. The Labute approximate surface area is 151 Å². The molecule has 0 saturated heterocycles. The van der Waals surface area contributed by atoms with Crippen molar-refractivity contribution in [3.05, 3.63) is 53.3 Å². The summed E-state index contributed by atoms with van der Waals surface area (Å²) in [4.78, 5) is 12.5. The van der Waals surface area contributed by atoms with Crippen molar-refractivity contribution in [2.24, 2.45) is 0 Å². The lowest BCUT2D eigenvalue weighted by molar-refractivity contribution is -0.155. The van der Waals surface area contributed by atoms with Crippen molar-refractivity contribution in [1.29, 1.82) is 0 Å². The van der Waals surface area contributed by atoms with Crippen LogP contribution >= 0.6 is 0 Å². The molecule has 0 aliphatic rings. The second-order valence-corrected chi connectivity index (χ2v) is 7.55. The van der Waals surface area contributed by atoms with E-state index in [2.05, 4.69) is 10.4 Å². The first-order valence-electron chi connectivity index (χ1n) is 8.44. The fourth-order valence-electron chi connectivity index (χ4n) is 2.66. The maximum absolute atomic E-state index is 13.4. The van der Waals surface area contributed by atoms with Crippen LogP contribution in [0.4, 0.5) is 13.2 Å². The largest absolute Gasteiger partial charge is 0.412 e. The standard InChI is InChI=1S/C19H24F3N3O/c1-12(2)15-11-14(24-25(15)18(3,4)5)17(26)23-16(19(20,21)22)13-9-7-6-8-10-13/h6-12,16H,1-5H3,(H,23,26). The second-order valence-electron chi connectivity index (χ2n) is 7.55. The van der Waals surface area contributed by atoms with Crippen molar-refractivity contribution in [1.82, 2.24) is 15.1 Å². The molecule has 0 saturated carbocycles. The molecule has 1 unspecified atom stereocenters. The molecule has 1 amide bonds. The van der Waals surface area contributed by atoms with Crippen LogP contribution in [-0.4, -0.2) is 21.9 Å². The average Bonchev–Trinajstić information content (AvgIpc) is 2.98. The monoisotopic (exact) mass is 367 g/mol. The topological polar surface area (TPSA) is 46.9 Å². The molecule has 0 fully saturated rings. The van der Waals surface area contributed by atoms with Gasteiger partial charge in [-0.2, -0.15) is 18.3 Å². The van der Waals surface area contributed by atoms with Gasteiger partial charge >= 0.3 is 6.18 Å². The highest BCUT2D eigenvalue weighted by Crippen LogP contribution is 2.33. The number of amides is 1. The normalized spacial score (nSPS) is 13.7. The van der Waals surface area contributed by atoms with Gasteiger partial charge in [0.1, 0.15) is 5.69 Å². The molecule has 2 rings (SSSR count). The number of rotatable bonds is 4. The van der Waals surface area contributed by atoms with Gasteiger partial charge in [0.15, 0.2) is 6.04 Å². The summed E-state index contributed by atoms with van der Waals surface area (Å²) >= 11 is 0. The first-order chi connectivity index (χ1) is 11.9. The number of hydrogen-bond donors (Lipinski definition) is 1. The van der Waals surface area contributed by atoms with Crippen LogP contribution in [0.1, 0.15) is 68.3 Å². The van der Waals surface area contributed by atoms with Gasteiger partial charge in [-0.15, -0.1) is 0 Å². The van der Waals surface area contributed by atoms with Gasteiger partial charge in [-0.1, -0.05) is 44.2 Å². The van der Waals surface area contributed by atoms with Crippen molar-refractivity contribution in [3.8, 4) is 0 Å². The van der Waals surface area contributed by atoms with E-state index in [9.17, 15) is 18.0 Å². The van der Waals surface area contributed by atoms with Gasteiger partial charge in [0.05, 0.1) is 5.54 Å². The first-order valence-corrected chi connectivity index (χ1v) is 8.44. The minimum atomic E-state index is -4.61. The molecule has 1 aromatic carbocycles. The molecule has 1 aromatic heterocycles. The van der Waals surface area contributed by atoms with Crippen LogP contribution in [0.25, 0.3) is 0 Å². The lowest BCUT2D eigenvalue weighted by atomic mass is 10.1. The van der Waals surface area contributed by atoms with Crippen molar-refractivity contribution < 1.29 is 18.0 Å². The van der Waals surface area contributed by atoms with E-state index in [0.717, 1.165) is 5.69 Å². The Morgan fingerprint density at radius 3 is 2.12 bits per heavy atom. The number of alkyl halides is 3. The van der Waals surface area contributed by atoms with Crippen LogP contribution in [0.15, 0.2) is 36.4 Å². The van der Waals surface area contributed by atoms with Crippen LogP contribution in [-0.2, 0) is 5.54 Å². The van der Waals surface area contributed by atoms with E-state index in [0.29, 0.717) is 0 Å². The third-order valence-corrected chi connectivity index (χ3v) is 3.93. The Morgan fingerprint density at radius 2 is 1.69 bits per heavy atom. The SMILES string of the molecule is CC(C)c1cc(C(=O)NC(c2ccccc2)C(F)(F)F)nn1C(C)(C)C. The van der Waals surface area contributed by atoms with E-state index in [4.69, 9.17) is 0 Å². The van der Waals surface area contributed by atoms with E-state index in [1.54, 1.807) is 16.8 Å². The summed E-state index contributed by atoms with van der Waals surface area (Å²) in [6.07, 6.45) is -4.61. The highest BCUT2D eigenvalue weighted by atomic mass is 19.4. The summed E-state index contributed by atoms with van der Waals surface area (Å²) < 4.78 is 42.0. The molecule has 26 heavy (non-hydrogen) atoms. The van der Waals surface area contributed by atoms with E-state index in [1.807, 2.05) is 34.6 Å². The van der Waals surface area contributed by atoms with Gasteiger partial charge in [-0.25, -0.2) is 0 Å². The molecule has 1 atom stereocenters. The lowest BCUT2D eigenvalue weighted by Crippen LogP contribution is -2.38. The molecular formula is C19H24F3N3O. The maximum Gasteiger partial charge on any atom is 0.412 e. The van der Waals surface area contributed by atoms with E-state index in [-0.39, 0.29) is 22.7 Å². The van der Waals surface area contributed by atoms with Crippen molar-refractivity contribution >= 4 is 5.91 Å². The molecule has 1 heterocycles. The lowest BCUT2D eigenvalue weighted by Gasteiger charge is -2.24. The Morgan fingerprint density at radius 1 is 1.12 bits per heavy atom. The number of benzene rings is 1. The Balaban J connectivity index is 2.36.